The number of allylic oxidation sites excluding steroid dienone is 8. The number of fused-ring (bicyclic) bond motifs is 10. The van der Waals surface area contributed by atoms with Gasteiger partial charge in [0.05, 0.1) is 36.9 Å². The van der Waals surface area contributed by atoms with Gasteiger partial charge in [0.1, 0.15) is 39.6 Å². The quantitative estimate of drug-likeness (QED) is 0.0205. The number of nitrogens with zero attached hydrogens (tertiary/aromatic N) is 9. The number of phenolic OH excluding ortho intramolecular Hbond substituents is 1. The summed E-state index contributed by atoms with van der Waals surface area (Å²) in [5, 5.41) is 78.5. The molecule has 0 unspecified atom stereocenters. The molecule has 8 aromatic carbocycles. The molecule has 0 aliphatic heterocycles. The number of rotatable bonds is 13. The number of phenols is 1. The maximum Gasteiger partial charge on any atom is 0.394 e. The molecule has 43 nitrogen and oxygen atoms in total. The van der Waals surface area contributed by atoms with Crippen molar-refractivity contribution in [1.82, 2.24) is 14.9 Å². The van der Waals surface area contributed by atoms with Crippen LogP contribution in [0.3, 0.4) is 0 Å². The fourth-order valence-electron chi connectivity index (χ4n) is 11.5. The molecular formula is C86H85BrClN11O32S. The molecular weight excluding hydrogens is 1850 g/mol. The van der Waals surface area contributed by atoms with Crippen LogP contribution in [0.25, 0.3) is 33.2 Å². The highest BCUT2D eigenvalue weighted by atomic mass is 79.9. The number of nitro benzene ring substituents is 5. The summed E-state index contributed by atoms with van der Waals surface area (Å²) in [5.74, 6) is 1.22. The molecule has 5 aliphatic rings. The maximum atomic E-state index is 12.1. The number of halogens is 2. The Morgan fingerprint density at radius 1 is 0.485 bits per heavy atom. The first-order chi connectivity index (χ1) is 60.7. The van der Waals surface area contributed by atoms with Crippen molar-refractivity contribution in [3.05, 3.63) is 334 Å². The summed E-state index contributed by atoms with van der Waals surface area (Å²) in [6.45, 7) is 21.8. The van der Waals surface area contributed by atoms with Crippen LogP contribution < -0.4 is 11.6 Å². The zero-order valence-electron chi connectivity index (χ0n) is 70.2. The number of carbonyl (C=O) groups is 11. The highest BCUT2D eigenvalue weighted by molar-refractivity contribution is 8.93. The summed E-state index contributed by atoms with van der Waals surface area (Å²) >= 11 is 0. The number of nitrogens with two attached hydrogens (primary N) is 2. The van der Waals surface area contributed by atoms with Crippen molar-refractivity contribution >= 4 is 154 Å². The predicted molar refractivity (Wildman–Crippen MR) is 482 cm³/mol. The van der Waals surface area contributed by atoms with Crippen molar-refractivity contribution in [3.8, 4) is 17.1 Å². The van der Waals surface area contributed by atoms with Gasteiger partial charge in [-0.3, -0.25) is 112 Å². The lowest BCUT2D eigenvalue weighted by Crippen LogP contribution is -2.22. The van der Waals surface area contributed by atoms with Gasteiger partial charge >= 0.3 is 10.4 Å². The number of nitro groups is 5. The monoisotopic (exact) mass is 1930 g/mol. The smallest absolute Gasteiger partial charge is 0.394 e. The fraction of sp³-hybridized carbons (Fsp3) is 0.198. The SMILES string of the molecule is Br.C.CC(C)C=O.CC(C)c1nc2c(o1)-c1c(cccc1[N+](=O)[O-])C(=O)C2=O.CC(C)c1nc2cc(O)c3cccc([N+](=O)[O-])c3c2o1.CCN(CC)CC.Cl.NC1=CC(=O)c2cccc([N+](=O)[O-])c2C1=O.NOCc1ccccc1.O=C1C=CC(=O)c2c1cccc2[N+](=O)[O-].O=C1C=CC(=O)c2cc([N+](=O)[O-])ccc21.O=C1C=CC(=O)c2ccccc21.O=S(=O)(O)O.O=[N+]([O-])O. The lowest BCUT2D eigenvalue weighted by Gasteiger charge is -2.13. The largest absolute Gasteiger partial charge is 0.507 e. The normalized spacial score (nSPS) is 12.2. The maximum absolute atomic E-state index is 12.1. The van der Waals surface area contributed by atoms with Crippen molar-refractivity contribution in [2.45, 2.75) is 88.2 Å². The first-order valence-corrected chi connectivity index (χ1v) is 39.0. The minimum Gasteiger partial charge on any atom is -0.507 e. The van der Waals surface area contributed by atoms with E-state index < -0.39 is 74.7 Å². The number of hydrogen-bond acceptors (Lipinski definition) is 34. The number of ketones is 10. The fourth-order valence-corrected chi connectivity index (χ4v) is 11.5. The number of aromatic nitrogens is 2. The van der Waals surface area contributed by atoms with E-state index >= 15 is 0 Å². The number of non-ortho nitro benzene ring substituents is 2. The Morgan fingerprint density at radius 3 is 1.30 bits per heavy atom. The Balaban J connectivity index is 0.000000505. The van der Waals surface area contributed by atoms with Gasteiger partial charge in [-0.2, -0.15) is 8.42 Å². The second kappa shape index (κ2) is 52.0. The Labute approximate surface area is 765 Å². The molecule has 132 heavy (non-hydrogen) atoms. The molecule has 0 bridgehead atoms. The minimum absolute atomic E-state index is 0. The van der Waals surface area contributed by atoms with Gasteiger partial charge < -0.3 is 34.6 Å². The van der Waals surface area contributed by atoms with E-state index in [1.165, 1.54) is 117 Å². The number of oxazole rings is 2. The molecule has 5 aliphatic carbocycles. The van der Waals surface area contributed by atoms with Gasteiger partial charge in [-0.15, -0.1) is 39.5 Å². The number of aldehydes is 1. The molecule has 0 radical (unpaired) electrons. The highest BCUT2D eigenvalue weighted by Crippen LogP contribution is 2.42. The number of carbonyl (C=O) groups excluding carboxylic acids is 11. The summed E-state index contributed by atoms with van der Waals surface area (Å²) in [6.07, 6.45) is 8.97. The van der Waals surface area contributed by atoms with Crippen LogP contribution in [0, 0.1) is 66.6 Å². The molecule has 0 atom stereocenters. The first kappa shape index (κ1) is 112. The topological polar surface area (TPSA) is 678 Å². The van der Waals surface area contributed by atoms with Crippen LogP contribution in [0.15, 0.2) is 209 Å². The van der Waals surface area contributed by atoms with Crippen molar-refractivity contribution in [2.24, 2.45) is 17.5 Å². The third-order valence-electron chi connectivity index (χ3n) is 17.5. The Morgan fingerprint density at radius 2 is 0.871 bits per heavy atom. The van der Waals surface area contributed by atoms with E-state index in [9.17, 15) is 108 Å². The van der Waals surface area contributed by atoms with Crippen LogP contribution in [0.2, 0.25) is 0 Å². The summed E-state index contributed by atoms with van der Waals surface area (Å²) in [5.41, 5.74) is 6.58. The van der Waals surface area contributed by atoms with E-state index in [0.717, 1.165) is 48.3 Å². The van der Waals surface area contributed by atoms with Gasteiger partial charge in [-0.1, -0.05) is 155 Å². The van der Waals surface area contributed by atoms with Crippen LogP contribution in [0.1, 0.15) is 203 Å². The van der Waals surface area contributed by atoms with Gasteiger partial charge in [0, 0.05) is 111 Å². The Hall–Kier alpha value is -15.7. The molecule has 8 N–H and O–H groups in total. The second-order valence-electron chi connectivity index (χ2n) is 27.3. The number of aromatic hydroxyl groups is 1. The summed E-state index contributed by atoms with van der Waals surface area (Å²) in [6, 6.07) is 38.2. The molecule has 0 spiro atoms. The van der Waals surface area contributed by atoms with Crippen molar-refractivity contribution in [1.29, 1.82) is 0 Å². The molecule has 0 saturated heterocycles. The van der Waals surface area contributed by atoms with Crippen LogP contribution in [-0.2, 0) is 26.6 Å². The number of benzene rings is 8. The van der Waals surface area contributed by atoms with Crippen LogP contribution in [0.4, 0.5) is 28.4 Å². The van der Waals surface area contributed by atoms with E-state index in [2.05, 4.69) is 40.5 Å². The average molecular weight is 1930 g/mol. The predicted octanol–water partition coefficient (Wildman–Crippen LogP) is 15.9. The van der Waals surface area contributed by atoms with Crippen molar-refractivity contribution in [3.63, 3.8) is 0 Å². The van der Waals surface area contributed by atoms with Crippen LogP contribution in [-0.4, -0.2) is 156 Å². The minimum atomic E-state index is -4.67. The van der Waals surface area contributed by atoms with E-state index in [1.807, 2.05) is 71.9 Å². The van der Waals surface area contributed by atoms with Crippen molar-refractivity contribution < 1.29 is 124 Å². The average Bonchev–Trinajstić information content (AvgIpc) is 1.57. The number of hydrogen-bond donors (Lipinski definition) is 6. The van der Waals surface area contributed by atoms with E-state index in [1.54, 1.807) is 30.3 Å². The standard InChI is InChI=1S/C14H10N2O5.C14H12N2O4.C10H6N2O4.2C10H5NO4.C10H6O2.C7H9NO.C6H15N.C4H8O.CH4.BrH.ClH.HNO3.H2O4S/c1-6(2)14-15-10-12(18)11(17)7-4-3-5-8(16(19)20)9(7)13(10)21-14;1-7(2)14-15-9-6-11(17)8-4-3-5-10(16(18)19)12(8)13(9)20-14;11-6-4-8(13)5-2-1-3-7(12(15)16)9(5)10(6)14;12-9-3-4-10(13)8-5-6(11(14)15)1-2-7(8)9;12-8-4-5-9(13)10-6(8)2-1-3-7(10)11(14)15;11-9-5-6-10(12)8-4-2-1-3-7(8)9;8-9-6-7-4-2-1-3-5-7;1-4-7(5-2)6-3;1-4(2)3-5;;;;2-1(3)4;1-5(2,3)4/h3-6H,1-2H3;3-7,17H,1-2H3;1-4H,11H2;2*1-5H;1-6H;1-5H,6,8H2;4-6H2,1-3H3;3-4H,1-2H3;1H4;2*1H;(H,2,3,4);(H2,1,2,3,4). The van der Waals surface area contributed by atoms with Crippen LogP contribution in [0.5, 0.6) is 5.75 Å². The zero-order valence-corrected chi connectivity index (χ0v) is 73.6. The third kappa shape index (κ3) is 30.8. The van der Waals surface area contributed by atoms with Gasteiger partial charge in [0.25, 0.3) is 39.3 Å². The summed E-state index contributed by atoms with van der Waals surface area (Å²) in [7, 11) is -4.67. The second-order valence-corrected chi connectivity index (χ2v) is 28.2. The van der Waals surface area contributed by atoms with E-state index in [4.69, 9.17) is 53.3 Å². The molecule has 46 heteroatoms. The van der Waals surface area contributed by atoms with Crippen molar-refractivity contribution in [2.75, 3.05) is 19.6 Å². The summed E-state index contributed by atoms with van der Waals surface area (Å²) < 4.78 is 42.8. The molecule has 0 saturated carbocycles. The van der Waals surface area contributed by atoms with E-state index in [0.29, 0.717) is 40.1 Å². The zero-order chi connectivity index (χ0) is 96.8. The lowest BCUT2D eigenvalue weighted by molar-refractivity contribution is -0.742. The molecule has 0 amide bonds. The molecule has 15 rings (SSSR count). The molecule has 0 fully saturated rings. The van der Waals surface area contributed by atoms with Gasteiger partial charge in [0.2, 0.25) is 11.6 Å². The Kier molecular flexibility index (Phi) is 44.3. The van der Waals surface area contributed by atoms with Gasteiger partial charge in [-0.05, 0) is 85.9 Å². The van der Waals surface area contributed by atoms with Gasteiger partial charge in [0.15, 0.2) is 69.3 Å². The molecule has 2 heterocycles. The number of Topliss-reactive ketones (excluding diaryl/α,β-unsaturated/α-hetero) is 3. The molecule has 10 aromatic rings. The molecule has 2 aromatic heterocycles. The first-order valence-electron chi connectivity index (χ1n) is 37.6. The third-order valence-corrected chi connectivity index (χ3v) is 17.5. The highest BCUT2D eigenvalue weighted by Gasteiger charge is 2.40. The molecule has 696 valence electrons. The van der Waals surface area contributed by atoms with E-state index in [-0.39, 0.29) is 185 Å². The van der Waals surface area contributed by atoms with Crippen LogP contribution >= 0.6 is 29.4 Å². The lowest BCUT2D eigenvalue weighted by atomic mass is 9.90. The Bertz CT molecular complexity index is 6280. The van der Waals surface area contributed by atoms with Gasteiger partial charge in [-0.25, -0.2) is 15.9 Å². The summed E-state index contributed by atoms with van der Waals surface area (Å²) in [4.78, 5) is 199.